The molecule has 160 valence electrons. The molecule has 3 aromatic rings. The van der Waals surface area contributed by atoms with Gasteiger partial charge in [-0.25, -0.2) is 5.43 Å². The van der Waals surface area contributed by atoms with E-state index in [0.717, 1.165) is 16.7 Å². The predicted octanol–water partition coefficient (Wildman–Crippen LogP) is 6.31. The van der Waals surface area contributed by atoms with E-state index in [1.54, 1.807) is 55.6 Å². The fourth-order valence-corrected chi connectivity index (χ4v) is 3.14. The Hall–Kier alpha value is -2.73. The molecule has 31 heavy (non-hydrogen) atoms. The molecule has 0 atom stereocenters. The van der Waals surface area contributed by atoms with Crippen LogP contribution in [0.25, 0.3) is 0 Å². The highest BCUT2D eigenvalue weighted by Crippen LogP contribution is 2.29. The number of benzene rings is 3. The van der Waals surface area contributed by atoms with E-state index < -0.39 is 0 Å². The standard InChI is InChI=1S/C23H19Cl3N2O3/c1-14-3-6-17(11-19(14)25)23(29)28-27-12-15-5-8-21(22(10-15)30-2)31-13-16-4-7-18(24)20(26)9-16/h3-12H,13H2,1-2H3,(H,28,29)/b27-12-. The van der Waals surface area contributed by atoms with Gasteiger partial charge in [0, 0.05) is 10.6 Å². The van der Waals surface area contributed by atoms with Gasteiger partial charge in [0.05, 0.1) is 23.4 Å². The normalized spacial score (nSPS) is 10.9. The molecule has 0 spiro atoms. The van der Waals surface area contributed by atoms with Crippen molar-refractivity contribution in [3.8, 4) is 11.5 Å². The molecule has 0 heterocycles. The number of rotatable bonds is 7. The fraction of sp³-hybridized carbons (Fsp3) is 0.130. The summed E-state index contributed by atoms with van der Waals surface area (Å²) >= 11 is 18.0. The summed E-state index contributed by atoms with van der Waals surface area (Å²) in [5.41, 5.74) is 5.40. The van der Waals surface area contributed by atoms with Crippen molar-refractivity contribution in [2.24, 2.45) is 5.10 Å². The predicted molar refractivity (Wildman–Crippen MR) is 125 cm³/mol. The highest BCUT2D eigenvalue weighted by molar-refractivity contribution is 6.42. The number of hydrazone groups is 1. The molecule has 0 bridgehead atoms. The summed E-state index contributed by atoms with van der Waals surface area (Å²) in [6, 6.07) is 15.7. The van der Waals surface area contributed by atoms with Gasteiger partial charge >= 0.3 is 0 Å². The molecule has 3 rings (SSSR count). The van der Waals surface area contributed by atoms with Crippen molar-refractivity contribution in [2.45, 2.75) is 13.5 Å². The quantitative estimate of drug-likeness (QED) is 0.320. The van der Waals surface area contributed by atoms with Gasteiger partial charge in [-0.1, -0.05) is 46.9 Å². The molecule has 1 amide bonds. The largest absolute Gasteiger partial charge is 0.493 e. The van der Waals surface area contributed by atoms with Gasteiger partial charge in [-0.05, 0) is 66.1 Å². The smallest absolute Gasteiger partial charge is 0.271 e. The first-order chi connectivity index (χ1) is 14.9. The van der Waals surface area contributed by atoms with Crippen LogP contribution in [-0.2, 0) is 6.61 Å². The average Bonchev–Trinajstić information content (AvgIpc) is 2.76. The average molecular weight is 478 g/mol. The maximum Gasteiger partial charge on any atom is 0.271 e. The SMILES string of the molecule is COc1cc(/C=N\NC(=O)c2ccc(C)c(Cl)c2)ccc1OCc1ccc(Cl)c(Cl)c1. The molecule has 0 aromatic heterocycles. The lowest BCUT2D eigenvalue weighted by atomic mass is 10.1. The lowest BCUT2D eigenvalue weighted by molar-refractivity contribution is 0.0955. The third-order valence-electron chi connectivity index (χ3n) is 4.38. The number of methoxy groups -OCH3 is 1. The van der Waals surface area contributed by atoms with E-state index in [0.29, 0.717) is 38.7 Å². The van der Waals surface area contributed by atoms with Crippen molar-refractivity contribution >= 4 is 46.9 Å². The van der Waals surface area contributed by atoms with Crippen molar-refractivity contribution < 1.29 is 14.3 Å². The lowest BCUT2D eigenvalue weighted by Gasteiger charge is -2.11. The summed E-state index contributed by atoms with van der Waals surface area (Å²) < 4.78 is 11.2. The van der Waals surface area contributed by atoms with E-state index in [9.17, 15) is 4.79 Å². The number of nitrogens with one attached hydrogen (secondary N) is 1. The molecule has 3 aromatic carbocycles. The monoisotopic (exact) mass is 476 g/mol. The van der Waals surface area contributed by atoms with Crippen LogP contribution in [0.15, 0.2) is 59.7 Å². The minimum Gasteiger partial charge on any atom is -0.493 e. The van der Waals surface area contributed by atoms with Crippen molar-refractivity contribution in [1.82, 2.24) is 5.43 Å². The Balaban J connectivity index is 1.63. The molecule has 8 heteroatoms. The highest BCUT2D eigenvalue weighted by Gasteiger charge is 2.08. The van der Waals surface area contributed by atoms with Crippen LogP contribution >= 0.6 is 34.8 Å². The number of halogens is 3. The maximum absolute atomic E-state index is 12.2. The number of hydrogen-bond donors (Lipinski definition) is 1. The zero-order chi connectivity index (χ0) is 22.4. The van der Waals surface area contributed by atoms with Crippen LogP contribution in [0.4, 0.5) is 0 Å². The Kier molecular flexibility index (Phi) is 7.80. The van der Waals surface area contributed by atoms with E-state index in [2.05, 4.69) is 10.5 Å². The van der Waals surface area contributed by atoms with E-state index in [1.165, 1.54) is 6.21 Å². The molecule has 0 fully saturated rings. The number of carbonyl (C=O) groups excluding carboxylic acids is 1. The van der Waals surface area contributed by atoms with Gasteiger partial charge in [-0.3, -0.25) is 4.79 Å². The summed E-state index contributed by atoms with van der Waals surface area (Å²) in [5.74, 6) is 0.733. The van der Waals surface area contributed by atoms with E-state index >= 15 is 0 Å². The van der Waals surface area contributed by atoms with E-state index in [4.69, 9.17) is 44.3 Å². The third kappa shape index (κ3) is 6.14. The second kappa shape index (κ2) is 10.5. The molecular formula is C23H19Cl3N2O3. The van der Waals surface area contributed by atoms with Crippen molar-refractivity contribution in [3.05, 3.63) is 91.9 Å². The molecule has 1 N–H and O–H groups in total. The molecule has 0 radical (unpaired) electrons. The number of nitrogens with zero attached hydrogens (tertiary/aromatic N) is 1. The Bertz CT molecular complexity index is 1130. The maximum atomic E-state index is 12.2. The third-order valence-corrected chi connectivity index (χ3v) is 5.53. The van der Waals surface area contributed by atoms with Gasteiger partial charge in [-0.2, -0.15) is 5.10 Å². The molecule has 5 nitrogen and oxygen atoms in total. The highest BCUT2D eigenvalue weighted by atomic mass is 35.5. The van der Waals surface area contributed by atoms with Gasteiger partial charge in [-0.15, -0.1) is 0 Å². The van der Waals surface area contributed by atoms with Crippen molar-refractivity contribution in [1.29, 1.82) is 0 Å². The Morgan fingerprint density at radius 2 is 1.77 bits per heavy atom. The minimum atomic E-state index is -0.355. The van der Waals surface area contributed by atoms with Gasteiger partial charge in [0.15, 0.2) is 11.5 Å². The summed E-state index contributed by atoms with van der Waals surface area (Å²) in [6.07, 6.45) is 1.51. The zero-order valence-electron chi connectivity index (χ0n) is 16.8. The van der Waals surface area contributed by atoms with Gasteiger partial charge in [0.2, 0.25) is 0 Å². The number of hydrogen-bond acceptors (Lipinski definition) is 4. The topological polar surface area (TPSA) is 59.9 Å². The first-order valence-electron chi connectivity index (χ1n) is 9.21. The van der Waals surface area contributed by atoms with Gasteiger partial charge in [0.25, 0.3) is 5.91 Å². The number of aryl methyl sites for hydroxylation is 1. The van der Waals surface area contributed by atoms with Crippen LogP contribution in [0.2, 0.25) is 15.1 Å². The first kappa shape index (κ1) is 22.9. The van der Waals surface area contributed by atoms with Crippen LogP contribution in [0.1, 0.15) is 27.0 Å². The molecule has 0 aliphatic heterocycles. The van der Waals surface area contributed by atoms with Gasteiger partial charge in [0.1, 0.15) is 6.61 Å². The van der Waals surface area contributed by atoms with Crippen molar-refractivity contribution in [3.63, 3.8) is 0 Å². The molecule has 0 aliphatic rings. The molecular weight excluding hydrogens is 459 g/mol. The van der Waals surface area contributed by atoms with Crippen LogP contribution < -0.4 is 14.9 Å². The van der Waals surface area contributed by atoms with Gasteiger partial charge < -0.3 is 9.47 Å². The number of ether oxygens (including phenoxy) is 2. The molecule has 0 saturated carbocycles. The fourth-order valence-electron chi connectivity index (χ4n) is 2.64. The number of amides is 1. The Labute approximate surface area is 195 Å². The Morgan fingerprint density at radius 1 is 0.968 bits per heavy atom. The van der Waals surface area contributed by atoms with E-state index in [-0.39, 0.29) is 5.91 Å². The summed E-state index contributed by atoms with van der Waals surface area (Å²) in [7, 11) is 1.55. The van der Waals surface area contributed by atoms with Crippen LogP contribution in [-0.4, -0.2) is 19.2 Å². The zero-order valence-corrected chi connectivity index (χ0v) is 19.1. The summed E-state index contributed by atoms with van der Waals surface area (Å²) in [6.45, 7) is 2.17. The van der Waals surface area contributed by atoms with Crippen LogP contribution in [0, 0.1) is 6.92 Å². The first-order valence-corrected chi connectivity index (χ1v) is 10.3. The number of carbonyl (C=O) groups is 1. The second-order valence-corrected chi connectivity index (χ2v) is 7.83. The van der Waals surface area contributed by atoms with Crippen LogP contribution in [0.3, 0.4) is 0 Å². The summed E-state index contributed by atoms with van der Waals surface area (Å²) in [5, 5.41) is 5.48. The Morgan fingerprint density at radius 3 is 2.48 bits per heavy atom. The lowest BCUT2D eigenvalue weighted by Crippen LogP contribution is -2.17. The molecule has 0 unspecified atom stereocenters. The van der Waals surface area contributed by atoms with Crippen molar-refractivity contribution in [2.75, 3.05) is 7.11 Å². The second-order valence-electron chi connectivity index (χ2n) is 6.61. The molecule has 0 aliphatic carbocycles. The summed E-state index contributed by atoms with van der Waals surface area (Å²) in [4.78, 5) is 12.2. The molecule has 0 saturated heterocycles. The van der Waals surface area contributed by atoms with Crippen LogP contribution in [0.5, 0.6) is 11.5 Å². The van der Waals surface area contributed by atoms with E-state index in [1.807, 2.05) is 13.0 Å². The minimum absolute atomic E-state index is 0.301.